The van der Waals surface area contributed by atoms with Crippen LogP contribution in [0.5, 0.6) is 0 Å². The van der Waals surface area contributed by atoms with E-state index >= 15 is 0 Å². The van der Waals surface area contributed by atoms with Crippen LogP contribution < -0.4 is 0 Å². The van der Waals surface area contributed by atoms with Gasteiger partial charge in [0, 0.05) is 37.6 Å². The first kappa shape index (κ1) is 10.3. The predicted molar refractivity (Wildman–Crippen MR) is 56.9 cm³/mol. The van der Waals surface area contributed by atoms with Crippen LogP contribution in [0.4, 0.5) is 0 Å². The number of aromatic nitrogens is 1. The minimum absolute atomic E-state index is 0.152. The lowest BCUT2D eigenvalue weighted by Gasteiger charge is -2.06. The van der Waals surface area contributed by atoms with Gasteiger partial charge in [-0.1, -0.05) is 0 Å². The quantitative estimate of drug-likeness (QED) is 0.704. The van der Waals surface area contributed by atoms with Gasteiger partial charge < -0.3 is 4.74 Å². The number of pyridine rings is 1. The lowest BCUT2D eigenvalue weighted by molar-refractivity contribution is 0.0921. The molecule has 0 bridgehead atoms. The summed E-state index contributed by atoms with van der Waals surface area (Å²) in [5.41, 5.74) is 1.97. The van der Waals surface area contributed by atoms with E-state index in [1.165, 1.54) is 0 Å². The number of carbonyl (C=O) groups excluding carboxylic acids is 1. The molecule has 0 amide bonds. The molecule has 1 unspecified atom stereocenters. The molecule has 1 aliphatic rings. The van der Waals surface area contributed by atoms with E-state index in [2.05, 4.69) is 4.98 Å². The molecule has 1 heterocycles. The molecule has 0 aliphatic heterocycles. The maximum absolute atomic E-state index is 11.9. The molecule has 0 saturated carbocycles. The van der Waals surface area contributed by atoms with Crippen LogP contribution in [0.3, 0.4) is 0 Å². The van der Waals surface area contributed by atoms with E-state index in [0.29, 0.717) is 0 Å². The molecule has 80 valence electrons. The summed E-state index contributed by atoms with van der Waals surface area (Å²) in [6.45, 7) is 0.734. The van der Waals surface area contributed by atoms with Crippen molar-refractivity contribution in [1.82, 2.24) is 4.98 Å². The van der Waals surface area contributed by atoms with Crippen molar-refractivity contribution in [3.05, 3.63) is 29.6 Å². The van der Waals surface area contributed by atoms with Crippen LogP contribution >= 0.6 is 0 Å². The molecule has 0 aromatic carbocycles. The van der Waals surface area contributed by atoms with Crippen molar-refractivity contribution < 1.29 is 9.53 Å². The van der Waals surface area contributed by atoms with Gasteiger partial charge in [-0.25, -0.2) is 0 Å². The normalized spacial score (nSPS) is 19.3. The van der Waals surface area contributed by atoms with Crippen LogP contribution in [0.1, 0.15) is 28.8 Å². The first-order valence-corrected chi connectivity index (χ1v) is 5.29. The van der Waals surface area contributed by atoms with Crippen LogP contribution in [-0.2, 0) is 11.2 Å². The number of hydrogen-bond acceptors (Lipinski definition) is 3. The topological polar surface area (TPSA) is 39.2 Å². The smallest absolute Gasteiger partial charge is 0.168 e. The third kappa shape index (κ3) is 2.07. The van der Waals surface area contributed by atoms with Crippen molar-refractivity contribution >= 4 is 5.78 Å². The monoisotopic (exact) mass is 205 g/mol. The Bertz CT molecular complexity index is 362. The number of methoxy groups -OCH3 is 1. The molecule has 1 atom stereocenters. The fourth-order valence-electron chi connectivity index (χ4n) is 2.11. The third-order valence-corrected chi connectivity index (χ3v) is 2.91. The SMILES string of the molecule is COCCCC1Cc2ccncc2C1=O. The van der Waals surface area contributed by atoms with Crippen molar-refractivity contribution in [2.24, 2.45) is 5.92 Å². The van der Waals surface area contributed by atoms with Gasteiger partial charge in [-0.05, 0) is 30.9 Å². The predicted octanol–water partition coefficient (Wildman–Crippen LogP) is 1.86. The average Bonchev–Trinajstić information content (AvgIpc) is 2.57. The van der Waals surface area contributed by atoms with Gasteiger partial charge in [0.1, 0.15) is 0 Å². The van der Waals surface area contributed by atoms with Gasteiger partial charge in [-0.3, -0.25) is 9.78 Å². The minimum atomic E-state index is 0.152. The van der Waals surface area contributed by atoms with Gasteiger partial charge in [0.25, 0.3) is 0 Å². The molecule has 0 N–H and O–H groups in total. The van der Waals surface area contributed by atoms with Crippen LogP contribution in [0.25, 0.3) is 0 Å². The van der Waals surface area contributed by atoms with Crippen LogP contribution in [-0.4, -0.2) is 24.5 Å². The summed E-state index contributed by atoms with van der Waals surface area (Å²) >= 11 is 0. The molecule has 3 heteroatoms. The fourth-order valence-corrected chi connectivity index (χ4v) is 2.11. The van der Waals surface area contributed by atoms with E-state index in [0.717, 1.165) is 37.0 Å². The Kier molecular flexibility index (Phi) is 3.11. The molecule has 2 rings (SSSR count). The lowest BCUT2D eigenvalue weighted by Crippen LogP contribution is -2.09. The number of Topliss-reactive ketones (excluding diaryl/α,β-unsaturated/α-hetero) is 1. The third-order valence-electron chi connectivity index (χ3n) is 2.91. The molecule has 1 aromatic heterocycles. The van der Waals surface area contributed by atoms with Gasteiger partial charge in [0.05, 0.1) is 0 Å². The standard InChI is InChI=1S/C12H15NO2/c1-15-6-2-3-10-7-9-4-5-13-8-11(9)12(10)14/h4-5,8,10H,2-3,6-7H2,1H3. The molecule has 0 saturated heterocycles. The Labute approximate surface area is 89.5 Å². The zero-order valence-electron chi connectivity index (χ0n) is 8.90. The van der Waals surface area contributed by atoms with E-state index in [-0.39, 0.29) is 11.7 Å². The lowest BCUT2D eigenvalue weighted by atomic mass is 9.99. The fraction of sp³-hybridized carbons (Fsp3) is 0.500. The van der Waals surface area contributed by atoms with Gasteiger partial charge in [-0.2, -0.15) is 0 Å². The van der Waals surface area contributed by atoms with E-state index in [1.807, 2.05) is 6.07 Å². The van der Waals surface area contributed by atoms with Crippen LogP contribution in [0, 0.1) is 5.92 Å². The Hall–Kier alpha value is -1.22. The highest BCUT2D eigenvalue weighted by atomic mass is 16.5. The number of ketones is 1. The van der Waals surface area contributed by atoms with E-state index in [1.54, 1.807) is 19.5 Å². The zero-order valence-corrected chi connectivity index (χ0v) is 8.90. The van der Waals surface area contributed by atoms with Gasteiger partial charge >= 0.3 is 0 Å². The highest BCUT2D eigenvalue weighted by Crippen LogP contribution is 2.28. The molecular formula is C12H15NO2. The first-order valence-electron chi connectivity index (χ1n) is 5.29. The molecule has 0 fully saturated rings. The maximum Gasteiger partial charge on any atom is 0.168 e. The first-order chi connectivity index (χ1) is 7.33. The van der Waals surface area contributed by atoms with Gasteiger partial charge in [0.2, 0.25) is 0 Å². The Balaban J connectivity index is 2.01. The van der Waals surface area contributed by atoms with Gasteiger partial charge in [-0.15, -0.1) is 0 Å². The summed E-state index contributed by atoms with van der Waals surface area (Å²) in [6.07, 6.45) is 6.19. The molecule has 1 aromatic rings. The summed E-state index contributed by atoms with van der Waals surface area (Å²) in [5, 5.41) is 0. The van der Waals surface area contributed by atoms with E-state index < -0.39 is 0 Å². The minimum Gasteiger partial charge on any atom is -0.385 e. The second kappa shape index (κ2) is 4.53. The van der Waals surface area contributed by atoms with E-state index in [9.17, 15) is 4.79 Å². The van der Waals surface area contributed by atoms with Gasteiger partial charge in [0.15, 0.2) is 5.78 Å². The highest BCUT2D eigenvalue weighted by Gasteiger charge is 2.29. The number of hydrogen-bond donors (Lipinski definition) is 0. The molecule has 0 radical (unpaired) electrons. The summed E-state index contributed by atoms with van der Waals surface area (Å²) in [7, 11) is 1.69. The van der Waals surface area contributed by atoms with Crippen molar-refractivity contribution in [3.63, 3.8) is 0 Å². The molecular weight excluding hydrogens is 190 g/mol. The number of carbonyl (C=O) groups is 1. The molecule has 3 nitrogen and oxygen atoms in total. The van der Waals surface area contributed by atoms with Crippen molar-refractivity contribution in [2.45, 2.75) is 19.3 Å². The second-order valence-electron chi connectivity index (χ2n) is 3.93. The van der Waals surface area contributed by atoms with Crippen molar-refractivity contribution in [1.29, 1.82) is 0 Å². The largest absolute Gasteiger partial charge is 0.385 e. The Morgan fingerprint density at radius 2 is 2.47 bits per heavy atom. The van der Waals surface area contributed by atoms with Crippen LogP contribution in [0.2, 0.25) is 0 Å². The number of nitrogens with zero attached hydrogens (tertiary/aromatic N) is 1. The van der Waals surface area contributed by atoms with Crippen molar-refractivity contribution in [2.75, 3.05) is 13.7 Å². The Morgan fingerprint density at radius 3 is 3.20 bits per heavy atom. The summed E-state index contributed by atoms with van der Waals surface area (Å²) in [4.78, 5) is 15.9. The number of fused-ring (bicyclic) bond motifs is 1. The van der Waals surface area contributed by atoms with Crippen LogP contribution in [0.15, 0.2) is 18.5 Å². The molecule has 0 spiro atoms. The number of ether oxygens (including phenoxy) is 1. The summed E-state index contributed by atoms with van der Waals surface area (Å²) in [5.74, 6) is 0.411. The number of rotatable bonds is 4. The molecule has 1 aliphatic carbocycles. The average molecular weight is 205 g/mol. The van der Waals surface area contributed by atoms with E-state index in [4.69, 9.17) is 4.74 Å². The molecule has 15 heavy (non-hydrogen) atoms. The second-order valence-corrected chi connectivity index (χ2v) is 3.93. The maximum atomic E-state index is 11.9. The zero-order chi connectivity index (χ0) is 10.7. The van der Waals surface area contributed by atoms with Crippen molar-refractivity contribution in [3.8, 4) is 0 Å². The summed E-state index contributed by atoms with van der Waals surface area (Å²) < 4.78 is 4.99. The Morgan fingerprint density at radius 1 is 1.60 bits per heavy atom. The highest BCUT2D eigenvalue weighted by molar-refractivity contribution is 6.01. The summed E-state index contributed by atoms with van der Waals surface area (Å²) in [6, 6.07) is 1.95.